The number of rotatable bonds is 54. The SMILES string of the molecule is CC/C=C\C/C=C\C/C=C\C/C=C\C/C=C\CCCCCC(=O)OCC(COP(=O)(O)OCC(CO)OC(=O)CCCCCCCCCCCCCCC)OC(=O)CCCCCC/C=C\C/C=C\C/C=C\C/C=C\CC. The number of carbonyl (C=O) groups is 3. The number of unbranched alkanes of at least 4 members (excludes halogenated alkanes) is 19. The van der Waals surface area contributed by atoms with E-state index in [0.717, 1.165) is 122 Å². The summed E-state index contributed by atoms with van der Waals surface area (Å²) >= 11 is 0. The molecule has 0 aromatic rings. The minimum atomic E-state index is -4.77. The smallest absolute Gasteiger partial charge is 0.462 e. The molecule has 2 N–H and O–H groups in total. The van der Waals surface area contributed by atoms with Crippen LogP contribution in [0.3, 0.4) is 0 Å². The highest BCUT2D eigenvalue weighted by Crippen LogP contribution is 2.43. The van der Waals surface area contributed by atoms with E-state index in [1.165, 1.54) is 57.8 Å². The lowest BCUT2D eigenvalue weighted by atomic mass is 10.0. The second-order valence-electron chi connectivity index (χ2n) is 19.4. The standard InChI is InChI=1S/C64H107O11P/c1-4-7-10-13-16-19-22-25-27-29-30-32-33-36-38-41-44-47-50-53-62(66)71-57-61(75-64(68)55-52-49-46-43-40-37-34-31-28-26-23-20-17-14-11-8-5-2)59-73-76(69,70)72-58-60(56-65)74-63(67)54-51-48-45-42-39-35-24-21-18-15-12-9-6-3/h7-8,10-11,16-17,19-20,25-28,30,32,34,36-38,60-61,65H,4-6,9,12-15,18,21-24,29,31,33,35,39-59H2,1-3H3,(H,69,70)/b10-7-,11-8-,19-16-,20-17-,27-25-,28-26-,32-30-,37-34-,38-36-. The van der Waals surface area contributed by atoms with Gasteiger partial charge in [-0.1, -0.05) is 226 Å². The molecule has 0 saturated heterocycles. The minimum absolute atomic E-state index is 0.127. The van der Waals surface area contributed by atoms with Gasteiger partial charge in [-0.3, -0.25) is 23.4 Å². The number of aliphatic hydroxyl groups excluding tert-OH is 1. The number of hydrogen-bond donors (Lipinski definition) is 2. The summed E-state index contributed by atoms with van der Waals surface area (Å²) in [6, 6.07) is 0. The van der Waals surface area contributed by atoms with Crippen molar-refractivity contribution in [2.24, 2.45) is 0 Å². The predicted octanol–water partition coefficient (Wildman–Crippen LogP) is 17.8. The molecule has 0 rings (SSSR count). The summed E-state index contributed by atoms with van der Waals surface area (Å²) in [5, 5.41) is 9.82. The maximum Gasteiger partial charge on any atom is 0.472 e. The number of hydrogen-bond acceptors (Lipinski definition) is 10. The van der Waals surface area contributed by atoms with Crippen molar-refractivity contribution >= 4 is 25.7 Å². The molecule has 0 aliphatic carbocycles. The van der Waals surface area contributed by atoms with Crippen LogP contribution >= 0.6 is 7.82 Å². The molecule has 0 amide bonds. The predicted molar refractivity (Wildman–Crippen MR) is 316 cm³/mol. The largest absolute Gasteiger partial charge is 0.472 e. The van der Waals surface area contributed by atoms with E-state index >= 15 is 0 Å². The maximum atomic E-state index is 12.9. The van der Waals surface area contributed by atoms with Crippen molar-refractivity contribution in [3.8, 4) is 0 Å². The van der Waals surface area contributed by atoms with Gasteiger partial charge in [0.25, 0.3) is 0 Å². The summed E-state index contributed by atoms with van der Waals surface area (Å²) in [6.07, 6.45) is 69.0. The summed E-state index contributed by atoms with van der Waals surface area (Å²) in [4.78, 5) is 48.6. The van der Waals surface area contributed by atoms with Gasteiger partial charge in [-0.25, -0.2) is 4.57 Å². The average molecular weight is 1080 g/mol. The van der Waals surface area contributed by atoms with Crippen molar-refractivity contribution in [3.05, 3.63) is 109 Å². The van der Waals surface area contributed by atoms with E-state index in [0.29, 0.717) is 19.3 Å². The van der Waals surface area contributed by atoms with Crippen LogP contribution in [0.4, 0.5) is 0 Å². The van der Waals surface area contributed by atoms with Crippen molar-refractivity contribution in [1.29, 1.82) is 0 Å². The fourth-order valence-corrected chi connectivity index (χ4v) is 8.51. The van der Waals surface area contributed by atoms with Gasteiger partial charge in [-0.05, 0) is 103 Å². The molecule has 76 heavy (non-hydrogen) atoms. The van der Waals surface area contributed by atoms with Crippen LogP contribution in [0.2, 0.25) is 0 Å². The van der Waals surface area contributed by atoms with E-state index in [1.54, 1.807) is 0 Å². The van der Waals surface area contributed by atoms with E-state index in [2.05, 4.69) is 130 Å². The Morgan fingerprint density at radius 1 is 0.382 bits per heavy atom. The van der Waals surface area contributed by atoms with Gasteiger partial charge in [0.05, 0.1) is 19.8 Å². The molecule has 11 nitrogen and oxygen atoms in total. The third-order valence-electron chi connectivity index (χ3n) is 12.2. The monoisotopic (exact) mass is 1080 g/mol. The first kappa shape index (κ1) is 72.1. The number of carbonyl (C=O) groups excluding carboxylic acids is 3. The van der Waals surface area contributed by atoms with Crippen LogP contribution < -0.4 is 0 Å². The molecule has 0 saturated carbocycles. The summed E-state index contributed by atoms with van der Waals surface area (Å²) in [6.45, 7) is 4.35. The van der Waals surface area contributed by atoms with Crippen LogP contribution in [0.15, 0.2) is 109 Å². The number of phosphoric ester groups is 1. The topological polar surface area (TPSA) is 155 Å². The number of esters is 3. The highest BCUT2D eigenvalue weighted by Gasteiger charge is 2.28. The van der Waals surface area contributed by atoms with E-state index in [-0.39, 0.29) is 25.9 Å². The molecule has 0 heterocycles. The number of ether oxygens (including phenoxy) is 3. The lowest BCUT2D eigenvalue weighted by molar-refractivity contribution is -0.161. The van der Waals surface area contributed by atoms with E-state index in [4.69, 9.17) is 23.3 Å². The summed E-state index contributed by atoms with van der Waals surface area (Å²) < 4.78 is 39.5. The Kier molecular flexibility index (Phi) is 54.4. The van der Waals surface area contributed by atoms with Gasteiger partial charge >= 0.3 is 25.7 Å². The second kappa shape index (κ2) is 57.3. The first-order valence-electron chi connectivity index (χ1n) is 29.8. The van der Waals surface area contributed by atoms with Crippen molar-refractivity contribution in [2.75, 3.05) is 26.4 Å². The molecule has 0 spiro atoms. The first-order valence-corrected chi connectivity index (χ1v) is 31.3. The Hall–Kier alpha value is -3.86. The summed E-state index contributed by atoms with van der Waals surface area (Å²) in [5.41, 5.74) is 0. The molecule has 0 aromatic carbocycles. The zero-order valence-electron chi connectivity index (χ0n) is 47.9. The number of allylic oxidation sites excluding steroid dienone is 18. The van der Waals surface area contributed by atoms with Crippen LogP contribution in [0.5, 0.6) is 0 Å². The first-order chi connectivity index (χ1) is 37.2. The third-order valence-corrected chi connectivity index (χ3v) is 13.1. The molecular weight excluding hydrogens is 976 g/mol. The minimum Gasteiger partial charge on any atom is -0.462 e. The van der Waals surface area contributed by atoms with Crippen molar-refractivity contribution in [3.63, 3.8) is 0 Å². The number of aliphatic hydroxyl groups is 1. The zero-order chi connectivity index (χ0) is 55.5. The van der Waals surface area contributed by atoms with Gasteiger partial charge in [0.15, 0.2) is 6.10 Å². The van der Waals surface area contributed by atoms with Crippen LogP contribution in [0, 0.1) is 0 Å². The second-order valence-corrected chi connectivity index (χ2v) is 20.9. The fourth-order valence-electron chi connectivity index (χ4n) is 7.73. The highest BCUT2D eigenvalue weighted by molar-refractivity contribution is 7.47. The molecule has 434 valence electrons. The molecule has 3 atom stereocenters. The van der Waals surface area contributed by atoms with Crippen LogP contribution in [0.1, 0.15) is 239 Å². The molecule has 0 aliphatic heterocycles. The average Bonchev–Trinajstić information content (AvgIpc) is 3.41. The molecule has 0 bridgehead atoms. The van der Waals surface area contributed by atoms with Gasteiger partial charge in [0.2, 0.25) is 0 Å². The Labute approximate surface area is 463 Å². The van der Waals surface area contributed by atoms with E-state index in [9.17, 15) is 28.9 Å². The van der Waals surface area contributed by atoms with Crippen molar-refractivity contribution in [2.45, 2.75) is 251 Å². The Morgan fingerprint density at radius 3 is 1.07 bits per heavy atom. The van der Waals surface area contributed by atoms with Crippen molar-refractivity contribution < 1.29 is 52.2 Å². The van der Waals surface area contributed by atoms with Crippen molar-refractivity contribution in [1.82, 2.24) is 0 Å². The summed E-state index contributed by atoms with van der Waals surface area (Å²) in [5.74, 6) is -1.54. The molecule has 0 fully saturated rings. The van der Waals surface area contributed by atoms with E-state index in [1.807, 2.05) is 0 Å². The molecule has 3 unspecified atom stereocenters. The van der Waals surface area contributed by atoms with E-state index < -0.39 is 57.8 Å². The van der Waals surface area contributed by atoms with Crippen LogP contribution in [-0.4, -0.2) is 66.5 Å². The van der Waals surface area contributed by atoms with Gasteiger partial charge < -0.3 is 24.2 Å². The normalized spacial score (nSPS) is 14.1. The number of phosphoric acid groups is 1. The summed E-state index contributed by atoms with van der Waals surface area (Å²) in [7, 11) is -4.77. The Bertz CT molecular complexity index is 1690. The zero-order valence-corrected chi connectivity index (χ0v) is 48.8. The lowest BCUT2D eigenvalue weighted by Gasteiger charge is -2.21. The van der Waals surface area contributed by atoms with Gasteiger partial charge in [-0.2, -0.15) is 0 Å². The molecule has 0 aromatic heterocycles. The van der Waals surface area contributed by atoms with Gasteiger partial charge in [-0.15, -0.1) is 0 Å². The Balaban J connectivity index is 4.83. The third kappa shape index (κ3) is 54.9. The molecule has 0 radical (unpaired) electrons. The fraction of sp³-hybridized carbons (Fsp3) is 0.672. The van der Waals surface area contributed by atoms with Crippen LogP contribution in [-0.2, 0) is 42.2 Å². The molecule has 12 heteroatoms. The van der Waals surface area contributed by atoms with Crippen LogP contribution in [0.25, 0.3) is 0 Å². The molecular formula is C64H107O11P. The van der Waals surface area contributed by atoms with Gasteiger partial charge in [0.1, 0.15) is 12.7 Å². The lowest BCUT2D eigenvalue weighted by Crippen LogP contribution is -2.30. The quantitative estimate of drug-likeness (QED) is 0.0197. The van der Waals surface area contributed by atoms with Gasteiger partial charge in [0, 0.05) is 19.3 Å². The molecule has 0 aliphatic rings. The highest BCUT2D eigenvalue weighted by atomic mass is 31.2. The maximum absolute atomic E-state index is 12.9. The Morgan fingerprint density at radius 2 is 0.684 bits per heavy atom.